The third-order valence-corrected chi connectivity index (χ3v) is 5.11. The number of aromatic nitrogens is 2. The van der Waals surface area contributed by atoms with Crippen molar-refractivity contribution in [3.63, 3.8) is 0 Å². The Bertz CT molecular complexity index is 1110. The predicted octanol–water partition coefficient (Wildman–Crippen LogP) is 3.83. The van der Waals surface area contributed by atoms with Gasteiger partial charge in [-0.1, -0.05) is 18.2 Å². The van der Waals surface area contributed by atoms with Crippen LogP contribution in [0.4, 0.5) is 18.0 Å². The minimum atomic E-state index is -4.54. The van der Waals surface area contributed by atoms with Gasteiger partial charge in [-0.25, -0.2) is 4.79 Å². The number of hydrogen-bond acceptors (Lipinski definition) is 2. The number of nitrogens with one attached hydrogen (secondary N) is 1. The van der Waals surface area contributed by atoms with Gasteiger partial charge in [-0.2, -0.15) is 13.2 Å². The molecule has 29 heavy (non-hydrogen) atoms. The first-order valence-electron chi connectivity index (χ1n) is 9.36. The summed E-state index contributed by atoms with van der Waals surface area (Å²) in [7, 11) is 3.07. The first-order chi connectivity index (χ1) is 13.7. The number of halogens is 3. The normalized spacial score (nSPS) is 14.5. The Balaban J connectivity index is 1.92. The van der Waals surface area contributed by atoms with Crippen LogP contribution in [-0.2, 0) is 6.54 Å². The van der Waals surface area contributed by atoms with Gasteiger partial charge in [0.05, 0.1) is 16.6 Å². The molecule has 1 N–H and O–H groups in total. The van der Waals surface area contributed by atoms with Crippen LogP contribution in [0.3, 0.4) is 0 Å². The maximum absolute atomic E-state index is 12.9. The third kappa shape index (κ3) is 3.56. The van der Waals surface area contributed by atoms with E-state index in [0.29, 0.717) is 17.0 Å². The number of carbonyl (C=O) groups is 2. The molecule has 2 amide bonds. The molecular weight excluding hydrogens is 385 g/mol. The van der Waals surface area contributed by atoms with Gasteiger partial charge in [-0.3, -0.25) is 9.36 Å². The predicted molar refractivity (Wildman–Crippen MR) is 103 cm³/mol. The highest BCUT2D eigenvalue weighted by Crippen LogP contribution is 2.37. The van der Waals surface area contributed by atoms with E-state index in [1.165, 1.54) is 29.6 Å². The number of carbonyl (C=O) groups excluding carboxylic acids is 2. The lowest BCUT2D eigenvalue weighted by Gasteiger charge is -2.15. The average Bonchev–Trinajstić information content (AvgIpc) is 3.32. The summed E-state index contributed by atoms with van der Waals surface area (Å²) >= 11 is 0. The van der Waals surface area contributed by atoms with Crippen molar-refractivity contribution in [2.45, 2.75) is 25.6 Å². The van der Waals surface area contributed by atoms with E-state index in [1.54, 1.807) is 0 Å². The van der Waals surface area contributed by atoms with Gasteiger partial charge in [-0.15, -0.1) is 0 Å². The van der Waals surface area contributed by atoms with E-state index >= 15 is 0 Å². The molecule has 1 aliphatic carbocycles. The Hall–Kier alpha value is -2.97. The lowest BCUT2D eigenvalue weighted by Crippen LogP contribution is -2.37. The molecule has 9 heteroatoms. The molecule has 154 valence electrons. The fraction of sp³-hybridized carbons (Fsp3) is 0.400. The van der Waals surface area contributed by atoms with Gasteiger partial charge < -0.3 is 14.8 Å². The van der Waals surface area contributed by atoms with Crippen LogP contribution >= 0.6 is 0 Å². The largest absolute Gasteiger partial charge is 0.405 e. The number of amides is 2. The number of hydrogen-bond donors (Lipinski definition) is 1. The van der Waals surface area contributed by atoms with E-state index in [0.717, 1.165) is 30.3 Å². The van der Waals surface area contributed by atoms with Crippen LogP contribution in [0.25, 0.3) is 21.9 Å². The van der Waals surface area contributed by atoms with Crippen molar-refractivity contribution < 1.29 is 22.8 Å². The summed E-state index contributed by atoms with van der Waals surface area (Å²) in [4.78, 5) is 26.8. The monoisotopic (exact) mass is 406 g/mol. The van der Waals surface area contributed by atoms with Gasteiger partial charge in [0.2, 0.25) is 0 Å². The van der Waals surface area contributed by atoms with Crippen molar-refractivity contribution in [1.82, 2.24) is 19.4 Å². The molecule has 1 saturated carbocycles. The summed E-state index contributed by atoms with van der Waals surface area (Å²) in [5, 5.41) is 2.67. The summed E-state index contributed by atoms with van der Waals surface area (Å²) in [6.07, 6.45) is -2.31. The zero-order valence-corrected chi connectivity index (χ0v) is 16.1. The van der Waals surface area contributed by atoms with Crippen LogP contribution in [0, 0.1) is 5.92 Å². The molecule has 0 atom stereocenters. The summed E-state index contributed by atoms with van der Waals surface area (Å²) in [6.45, 7) is -0.714. The van der Waals surface area contributed by atoms with Crippen LogP contribution < -0.4 is 5.32 Å². The number of benzene rings is 1. The fourth-order valence-electron chi connectivity index (χ4n) is 3.59. The van der Waals surface area contributed by atoms with E-state index in [2.05, 4.69) is 4.57 Å². The Morgan fingerprint density at radius 3 is 2.48 bits per heavy atom. The zero-order chi connectivity index (χ0) is 20.9. The molecular formula is C20H21F3N4O2. The van der Waals surface area contributed by atoms with Crippen LogP contribution in [0.2, 0.25) is 0 Å². The average molecular weight is 406 g/mol. The number of fused-ring (bicyclic) bond motifs is 3. The smallest absolute Gasteiger partial charge is 0.342 e. The highest BCUT2D eigenvalue weighted by atomic mass is 19.4. The Morgan fingerprint density at radius 2 is 1.86 bits per heavy atom. The van der Waals surface area contributed by atoms with E-state index in [1.807, 2.05) is 29.6 Å². The molecule has 2 aromatic heterocycles. The Kier molecular flexibility index (Phi) is 4.55. The summed E-state index contributed by atoms with van der Waals surface area (Å²) in [5.74, 6) is -0.403. The van der Waals surface area contributed by atoms with Gasteiger partial charge in [-0.05, 0) is 30.9 Å². The molecule has 4 rings (SSSR count). The molecule has 0 unspecified atom stereocenters. The molecule has 1 aliphatic rings. The zero-order valence-electron chi connectivity index (χ0n) is 16.1. The Labute approximate surface area is 164 Å². The van der Waals surface area contributed by atoms with Crippen molar-refractivity contribution in [1.29, 1.82) is 0 Å². The molecule has 0 bridgehead atoms. The molecule has 1 aromatic carbocycles. The lowest BCUT2D eigenvalue weighted by molar-refractivity contribution is -0.123. The van der Waals surface area contributed by atoms with Crippen molar-refractivity contribution in [3.8, 4) is 0 Å². The maximum Gasteiger partial charge on any atom is 0.405 e. The maximum atomic E-state index is 12.9. The van der Waals surface area contributed by atoms with Crippen LogP contribution in [0.15, 0.2) is 30.3 Å². The molecule has 0 radical (unpaired) electrons. The number of para-hydroxylation sites is 1. The van der Waals surface area contributed by atoms with E-state index in [4.69, 9.17) is 0 Å². The van der Waals surface area contributed by atoms with Gasteiger partial charge in [0, 0.05) is 26.0 Å². The second kappa shape index (κ2) is 6.82. The minimum Gasteiger partial charge on any atom is -0.342 e. The molecule has 6 nitrogen and oxygen atoms in total. The topological polar surface area (TPSA) is 59.3 Å². The van der Waals surface area contributed by atoms with E-state index in [-0.39, 0.29) is 5.69 Å². The standard InChI is InChI=1S/C20H21F3N4O2/c1-25(2)19(29)27-16(18(28)24-11-20(21,22)23)9-15-17(27)13-5-3-4-6-14(13)26(15)10-12-7-8-12/h3-6,9,12H,7-8,10-11H2,1-2H3,(H,24,28). The van der Waals surface area contributed by atoms with Crippen molar-refractivity contribution in [2.24, 2.45) is 5.92 Å². The number of alkyl halides is 3. The quantitative estimate of drug-likeness (QED) is 0.716. The van der Waals surface area contributed by atoms with E-state index < -0.39 is 24.7 Å². The summed E-state index contributed by atoms with van der Waals surface area (Å²) in [6, 6.07) is 8.57. The molecule has 0 spiro atoms. The second-order valence-corrected chi connectivity index (χ2v) is 7.64. The van der Waals surface area contributed by atoms with Gasteiger partial charge in [0.1, 0.15) is 12.2 Å². The molecule has 1 fully saturated rings. The minimum absolute atomic E-state index is 0.103. The van der Waals surface area contributed by atoms with Crippen LogP contribution in [0.5, 0.6) is 0 Å². The second-order valence-electron chi connectivity index (χ2n) is 7.64. The Morgan fingerprint density at radius 1 is 1.17 bits per heavy atom. The van der Waals surface area contributed by atoms with Gasteiger partial charge in [0.15, 0.2) is 0 Å². The van der Waals surface area contributed by atoms with Crippen molar-refractivity contribution in [2.75, 3.05) is 20.6 Å². The highest BCUT2D eigenvalue weighted by Gasteiger charge is 2.31. The summed E-state index contributed by atoms with van der Waals surface area (Å²) < 4.78 is 41.0. The van der Waals surface area contributed by atoms with E-state index in [9.17, 15) is 22.8 Å². The van der Waals surface area contributed by atoms with Crippen molar-refractivity contribution >= 4 is 33.9 Å². The van der Waals surface area contributed by atoms with Crippen LogP contribution in [0.1, 0.15) is 23.3 Å². The third-order valence-electron chi connectivity index (χ3n) is 5.11. The number of rotatable bonds is 4. The summed E-state index contributed by atoms with van der Waals surface area (Å²) in [5.41, 5.74) is 2.04. The number of nitrogens with zero attached hydrogens (tertiary/aromatic N) is 3. The molecule has 0 aliphatic heterocycles. The lowest BCUT2D eigenvalue weighted by atomic mass is 10.2. The van der Waals surface area contributed by atoms with Gasteiger partial charge in [0.25, 0.3) is 5.91 Å². The molecule has 3 aromatic rings. The van der Waals surface area contributed by atoms with Crippen LogP contribution in [-0.4, -0.2) is 52.8 Å². The van der Waals surface area contributed by atoms with Crippen molar-refractivity contribution in [3.05, 3.63) is 36.0 Å². The first kappa shape index (κ1) is 19.4. The molecule has 0 saturated heterocycles. The SMILES string of the molecule is CN(C)C(=O)n1c(C(=O)NCC(F)(F)F)cc2c1c1ccccc1n2CC1CC1. The highest BCUT2D eigenvalue weighted by molar-refractivity contribution is 6.14. The fourth-order valence-corrected chi connectivity index (χ4v) is 3.59. The first-order valence-corrected chi connectivity index (χ1v) is 9.36. The molecule has 2 heterocycles. The van der Waals surface area contributed by atoms with Gasteiger partial charge >= 0.3 is 12.2 Å².